The smallest absolute Gasteiger partial charge is 0.0767 e. The summed E-state index contributed by atoms with van der Waals surface area (Å²) >= 11 is 0. The van der Waals surface area contributed by atoms with Crippen molar-refractivity contribution >= 4 is 23.9 Å². The van der Waals surface area contributed by atoms with E-state index in [1.54, 1.807) is 0 Å². The van der Waals surface area contributed by atoms with Gasteiger partial charge in [0.1, 0.15) is 0 Å². The SMILES string of the molecule is C(=C(NC(c1ccccc1)c1ccccc1)c1ccccc1)c1ccccc1.C=Cc1ccccc1C=C. The standard InChI is InChI=1S/C27H23N.C10H10/c1-5-13-22(14-6-1)21-26(23-15-7-2-8-16-23)28-27(24-17-9-3-10-18-24)25-19-11-4-12-20-25;1-3-9-7-5-6-8-10(9)4-2/h1-21,27-28H;3-8H,1-2H2. The second-order valence-corrected chi connectivity index (χ2v) is 8.77. The van der Waals surface area contributed by atoms with E-state index >= 15 is 0 Å². The number of rotatable bonds is 8. The molecule has 0 bridgehead atoms. The summed E-state index contributed by atoms with van der Waals surface area (Å²) in [6, 6.07) is 50.2. The number of hydrogen-bond donors (Lipinski definition) is 1. The van der Waals surface area contributed by atoms with Crippen molar-refractivity contribution in [3.8, 4) is 0 Å². The summed E-state index contributed by atoms with van der Waals surface area (Å²) in [6.07, 6.45) is 5.88. The molecule has 0 heterocycles. The Morgan fingerprint density at radius 1 is 0.500 bits per heavy atom. The minimum absolute atomic E-state index is 0.0672. The average molecular weight is 492 g/mol. The highest BCUT2D eigenvalue weighted by Gasteiger charge is 2.15. The van der Waals surface area contributed by atoms with Gasteiger partial charge in [0, 0.05) is 5.70 Å². The summed E-state index contributed by atoms with van der Waals surface area (Å²) in [5, 5.41) is 3.81. The van der Waals surface area contributed by atoms with Gasteiger partial charge in [-0.05, 0) is 39.5 Å². The predicted molar refractivity (Wildman–Crippen MR) is 165 cm³/mol. The minimum atomic E-state index is 0.0672. The van der Waals surface area contributed by atoms with Crippen LogP contribution < -0.4 is 5.32 Å². The Labute approximate surface area is 227 Å². The normalized spacial score (nSPS) is 10.7. The number of hydrogen-bond acceptors (Lipinski definition) is 1. The summed E-state index contributed by atoms with van der Waals surface area (Å²) in [6.45, 7) is 7.38. The summed E-state index contributed by atoms with van der Waals surface area (Å²) in [4.78, 5) is 0. The van der Waals surface area contributed by atoms with Crippen molar-refractivity contribution in [2.45, 2.75) is 6.04 Å². The molecular weight excluding hydrogens is 458 g/mol. The van der Waals surface area contributed by atoms with Gasteiger partial charge in [-0.3, -0.25) is 0 Å². The molecule has 0 aliphatic heterocycles. The van der Waals surface area contributed by atoms with E-state index in [9.17, 15) is 0 Å². The quantitative estimate of drug-likeness (QED) is 0.213. The van der Waals surface area contributed by atoms with Crippen LogP contribution in [0.15, 0.2) is 159 Å². The maximum absolute atomic E-state index is 3.81. The first-order valence-corrected chi connectivity index (χ1v) is 12.8. The van der Waals surface area contributed by atoms with E-state index in [1.165, 1.54) is 22.3 Å². The molecule has 0 unspecified atom stereocenters. The first kappa shape index (κ1) is 26.2. The first-order valence-electron chi connectivity index (χ1n) is 12.8. The van der Waals surface area contributed by atoms with Crippen LogP contribution >= 0.6 is 0 Å². The third-order valence-corrected chi connectivity index (χ3v) is 6.20. The van der Waals surface area contributed by atoms with Crippen LogP contribution in [0.2, 0.25) is 0 Å². The zero-order valence-electron chi connectivity index (χ0n) is 21.6. The van der Waals surface area contributed by atoms with E-state index in [2.05, 4.69) is 140 Å². The molecule has 5 aromatic carbocycles. The summed E-state index contributed by atoms with van der Waals surface area (Å²) in [5.41, 5.74) is 8.20. The van der Waals surface area contributed by atoms with E-state index in [0.717, 1.165) is 16.8 Å². The summed E-state index contributed by atoms with van der Waals surface area (Å²) < 4.78 is 0. The lowest BCUT2D eigenvalue weighted by Gasteiger charge is -2.23. The van der Waals surface area contributed by atoms with E-state index in [4.69, 9.17) is 0 Å². The maximum Gasteiger partial charge on any atom is 0.0767 e. The molecule has 0 aliphatic carbocycles. The molecule has 0 saturated heterocycles. The molecule has 186 valence electrons. The topological polar surface area (TPSA) is 12.0 Å². The van der Waals surface area contributed by atoms with Gasteiger partial charge in [-0.1, -0.05) is 171 Å². The van der Waals surface area contributed by atoms with Crippen LogP contribution in [0.4, 0.5) is 0 Å². The Morgan fingerprint density at radius 3 is 1.34 bits per heavy atom. The molecule has 5 rings (SSSR count). The fraction of sp³-hybridized carbons (Fsp3) is 0.0270. The molecule has 0 saturated carbocycles. The maximum atomic E-state index is 3.81. The van der Waals surface area contributed by atoms with E-state index < -0.39 is 0 Å². The molecule has 1 nitrogen and oxygen atoms in total. The van der Waals surface area contributed by atoms with Gasteiger partial charge < -0.3 is 5.32 Å². The third-order valence-electron chi connectivity index (χ3n) is 6.20. The van der Waals surface area contributed by atoms with Gasteiger partial charge >= 0.3 is 0 Å². The highest BCUT2D eigenvalue weighted by molar-refractivity contribution is 5.80. The van der Waals surface area contributed by atoms with Gasteiger partial charge in [-0.25, -0.2) is 0 Å². The zero-order valence-corrected chi connectivity index (χ0v) is 21.6. The average Bonchev–Trinajstić information content (AvgIpc) is 3.01. The number of benzene rings is 5. The van der Waals surface area contributed by atoms with Gasteiger partial charge in [-0.15, -0.1) is 0 Å². The second kappa shape index (κ2) is 14.0. The molecule has 38 heavy (non-hydrogen) atoms. The summed E-state index contributed by atoms with van der Waals surface area (Å²) in [7, 11) is 0. The van der Waals surface area contributed by atoms with Crippen LogP contribution in [0.25, 0.3) is 23.9 Å². The lowest BCUT2D eigenvalue weighted by atomic mass is 9.97. The fourth-order valence-electron chi connectivity index (χ4n) is 4.23. The van der Waals surface area contributed by atoms with Crippen molar-refractivity contribution < 1.29 is 0 Å². The van der Waals surface area contributed by atoms with Crippen molar-refractivity contribution in [2.24, 2.45) is 0 Å². The van der Waals surface area contributed by atoms with Crippen LogP contribution in [-0.4, -0.2) is 0 Å². The van der Waals surface area contributed by atoms with Crippen molar-refractivity contribution in [2.75, 3.05) is 0 Å². The third kappa shape index (κ3) is 7.32. The van der Waals surface area contributed by atoms with Gasteiger partial charge in [0.05, 0.1) is 6.04 Å². The molecule has 0 radical (unpaired) electrons. The van der Waals surface area contributed by atoms with Gasteiger partial charge in [-0.2, -0.15) is 0 Å². The highest BCUT2D eigenvalue weighted by atomic mass is 14.9. The fourth-order valence-corrected chi connectivity index (χ4v) is 4.23. The van der Waals surface area contributed by atoms with Gasteiger partial charge in [0.2, 0.25) is 0 Å². The predicted octanol–water partition coefficient (Wildman–Crippen LogP) is 9.54. The zero-order chi connectivity index (χ0) is 26.4. The molecule has 0 aliphatic rings. The minimum Gasteiger partial charge on any atom is -0.374 e. The molecule has 0 fully saturated rings. The lowest BCUT2D eigenvalue weighted by molar-refractivity contribution is 0.746. The molecule has 0 spiro atoms. The largest absolute Gasteiger partial charge is 0.374 e. The number of nitrogens with one attached hydrogen (secondary N) is 1. The van der Waals surface area contributed by atoms with E-state index in [1.807, 2.05) is 42.5 Å². The second-order valence-electron chi connectivity index (χ2n) is 8.77. The monoisotopic (exact) mass is 491 g/mol. The van der Waals surface area contributed by atoms with Crippen LogP contribution in [0.1, 0.15) is 39.4 Å². The molecule has 0 atom stereocenters. The Bertz CT molecular complexity index is 1370. The first-order chi connectivity index (χ1) is 18.8. The Morgan fingerprint density at radius 2 is 0.895 bits per heavy atom. The lowest BCUT2D eigenvalue weighted by Crippen LogP contribution is -2.21. The van der Waals surface area contributed by atoms with Crippen molar-refractivity contribution in [1.29, 1.82) is 0 Å². The van der Waals surface area contributed by atoms with Crippen LogP contribution in [-0.2, 0) is 0 Å². The van der Waals surface area contributed by atoms with E-state index in [-0.39, 0.29) is 6.04 Å². The van der Waals surface area contributed by atoms with E-state index in [0.29, 0.717) is 0 Å². The molecule has 1 heteroatoms. The Kier molecular flexibility index (Phi) is 9.66. The summed E-state index contributed by atoms with van der Waals surface area (Å²) in [5.74, 6) is 0. The Balaban J connectivity index is 0.000000283. The van der Waals surface area contributed by atoms with Gasteiger partial charge in [0.15, 0.2) is 0 Å². The van der Waals surface area contributed by atoms with Gasteiger partial charge in [0.25, 0.3) is 0 Å². The Hall–Kier alpha value is -4.88. The highest BCUT2D eigenvalue weighted by Crippen LogP contribution is 2.27. The van der Waals surface area contributed by atoms with Crippen LogP contribution in [0.3, 0.4) is 0 Å². The molecule has 1 N–H and O–H groups in total. The molecule has 0 aromatic heterocycles. The van der Waals surface area contributed by atoms with Crippen LogP contribution in [0, 0.1) is 0 Å². The van der Waals surface area contributed by atoms with Crippen LogP contribution in [0.5, 0.6) is 0 Å². The van der Waals surface area contributed by atoms with Crippen molar-refractivity contribution in [3.63, 3.8) is 0 Å². The van der Waals surface area contributed by atoms with Crippen molar-refractivity contribution in [3.05, 3.63) is 192 Å². The molecular formula is C37H33N. The molecule has 5 aromatic rings. The van der Waals surface area contributed by atoms with Crippen molar-refractivity contribution in [1.82, 2.24) is 5.32 Å². The molecule has 0 amide bonds.